The van der Waals surface area contributed by atoms with Gasteiger partial charge in [0, 0.05) is 10.9 Å². The number of nitriles is 1. The molecule has 0 spiro atoms. The molecule has 0 aliphatic rings. The van der Waals surface area contributed by atoms with E-state index in [1.165, 1.54) is 0 Å². The normalized spacial score (nSPS) is 10.0. The van der Waals surface area contributed by atoms with Crippen molar-refractivity contribution in [3.05, 3.63) is 58.1 Å². The lowest BCUT2D eigenvalue weighted by atomic mass is 10.1. The fraction of sp³-hybridized carbons (Fsp3) is 0.133. The summed E-state index contributed by atoms with van der Waals surface area (Å²) in [6.45, 7) is 1.92. The molecule has 0 aliphatic heterocycles. The molecule has 0 radical (unpaired) electrons. The summed E-state index contributed by atoms with van der Waals surface area (Å²) in [6.07, 6.45) is 0. The van der Waals surface area contributed by atoms with E-state index >= 15 is 0 Å². The zero-order valence-corrected chi connectivity index (χ0v) is 11.8. The smallest absolute Gasteiger partial charge is 0.131 e. The molecule has 19 heavy (non-hydrogen) atoms. The van der Waals surface area contributed by atoms with Crippen LogP contribution in [-0.2, 0) is 5.88 Å². The first-order valence-corrected chi connectivity index (χ1v) is 6.58. The standard InChI is InChI=1S/C15H11Cl2NO/c1-10-2-3-11(9-18)6-15(10)19-13-5-4-12(8-16)14(17)7-13/h2-7H,8H2,1H3. The molecule has 0 aliphatic carbocycles. The lowest BCUT2D eigenvalue weighted by Gasteiger charge is -2.10. The highest BCUT2D eigenvalue weighted by Gasteiger charge is 2.06. The van der Waals surface area contributed by atoms with Gasteiger partial charge in [0.05, 0.1) is 11.6 Å². The quantitative estimate of drug-likeness (QED) is 0.741. The van der Waals surface area contributed by atoms with Crippen molar-refractivity contribution < 1.29 is 4.74 Å². The maximum atomic E-state index is 8.89. The number of alkyl halides is 1. The predicted molar refractivity (Wildman–Crippen MR) is 77.0 cm³/mol. The Morgan fingerprint density at radius 1 is 1.21 bits per heavy atom. The molecule has 4 heteroatoms. The Morgan fingerprint density at radius 2 is 2.00 bits per heavy atom. The van der Waals surface area contributed by atoms with Crippen molar-refractivity contribution in [2.75, 3.05) is 0 Å². The summed E-state index contributed by atoms with van der Waals surface area (Å²) >= 11 is 11.8. The number of nitrogens with zero attached hydrogens (tertiary/aromatic N) is 1. The molecule has 0 saturated heterocycles. The number of benzene rings is 2. The van der Waals surface area contributed by atoms with Gasteiger partial charge in [-0.2, -0.15) is 5.26 Å². The van der Waals surface area contributed by atoms with E-state index < -0.39 is 0 Å². The summed E-state index contributed by atoms with van der Waals surface area (Å²) in [4.78, 5) is 0. The zero-order chi connectivity index (χ0) is 13.8. The van der Waals surface area contributed by atoms with Crippen LogP contribution >= 0.6 is 23.2 Å². The fourth-order valence-corrected chi connectivity index (χ4v) is 2.15. The predicted octanol–water partition coefficient (Wildman–Crippen LogP) is 5.05. The van der Waals surface area contributed by atoms with Crippen molar-refractivity contribution in [1.29, 1.82) is 5.26 Å². The molecule has 0 aromatic heterocycles. The van der Waals surface area contributed by atoms with Gasteiger partial charge < -0.3 is 4.74 Å². The maximum absolute atomic E-state index is 8.89. The first-order chi connectivity index (χ1) is 9.13. The van der Waals surface area contributed by atoms with Crippen LogP contribution in [0.3, 0.4) is 0 Å². The van der Waals surface area contributed by atoms with E-state index in [2.05, 4.69) is 6.07 Å². The molecular weight excluding hydrogens is 281 g/mol. The monoisotopic (exact) mass is 291 g/mol. The van der Waals surface area contributed by atoms with Crippen LogP contribution in [0, 0.1) is 18.3 Å². The van der Waals surface area contributed by atoms with E-state index in [1.807, 2.05) is 25.1 Å². The van der Waals surface area contributed by atoms with Crippen molar-refractivity contribution in [2.45, 2.75) is 12.8 Å². The molecule has 0 unspecified atom stereocenters. The molecule has 0 amide bonds. The second kappa shape index (κ2) is 5.97. The fourth-order valence-electron chi connectivity index (χ4n) is 1.61. The van der Waals surface area contributed by atoms with Gasteiger partial charge in [-0.1, -0.05) is 23.7 Å². The minimum atomic E-state index is 0.363. The lowest BCUT2D eigenvalue weighted by Crippen LogP contribution is -1.90. The first kappa shape index (κ1) is 13.7. The molecule has 2 nitrogen and oxygen atoms in total. The summed E-state index contributed by atoms with van der Waals surface area (Å²) in [6, 6.07) is 12.8. The van der Waals surface area contributed by atoms with Crippen LogP contribution in [-0.4, -0.2) is 0 Å². The van der Waals surface area contributed by atoms with Crippen LogP contribution in [0.15, 0.2) is 36.4 Å². The molecule has 0 fully saturated rings. The third-order valence-corrected chi connectivity index (χ3v) is 3.35. The van der Waals surface area contributed by atoms with Gasteiger partial charge >= 0.3 is 0 Å². The Bertz CT molecular complexity index is 647. The second-order valence-electron chi connectivity index (χ2n) is 4.08. The van der Waals surface area contributed by atoms with E-state index in [4.69, 9.17) is 33.2 Å². The van der Waals surface area contributed by atoms with Gasteiger partial charge in [0.2, 0.25) is 0 Å². The average Bonchev–Trinajstić information content (AvgIpc) is 2.41. The van der Waals surface area contributed by atoms with E-state index in [0.717, 1.165) is 11.1 Å². The van der Waals surface area contributed by atoms with Gasteiger partial charge in [0.25, 0.3) is 0 Å². The number of hydrogen-bond acceptors (Lipinski definition) is 2. The Balaban J connectivity index is 2.31. The highest BCUT2D eigenvalue weighted by molar-refractivity contribution is 6.32. The molecule has 2 aromatic rings. The Labute approximate surface area is 122 Å². The van der Waals surface area contributed by atoms with Crippen LogP contribution in [0.4, 0.5) is 0 Å². The van der Waals surface area contributed by atoms with Gasteiger partial charge in [0.1, 0.15) is 11.5 Å². The Hall–Kier alpha value is -1.69. The van der Waals surface area contributed by atoms with Crippen LogP contribution in [0.2, 0.25) is 5.02 Å². The SMILES string of the molecule is Cc1ccc(C#N)cc1Oc1ccc(CCl)c(Cl)c1. The number of ether oxygens (including phenoxy) is 1. The van der Waals surface area contributed by atoms with Gasteiger partial charge in [-0.3, -0.25) is 0 Å². The minimum absolute atomic E-state index is 0.363. The number of hydrogen-bond donors (Lipinski definition) is 0. The summed E-state index contributed by atoms with van der Waals surface area (Å²) < 4.78 is 5.75. The topological polar surface area (TPSA) is 33.0 Å². The molecule has 0 saturated carbocycles. The third-order valence-electron chi connectivity index (χ3n) is 2.71. The van der Waals surface area contributed by atoms with E-state index in [1.54, 1.807) is 18.2 Å². The van der Waals surface area contributed by atoms with E-state index in [0.29, 0.717) is 28.0 Å². The van der Waals surface area contributed by atoms with Crippen molar-refractivity contribution in [1.82, 2.24) is 0 Å². The zero-order valence-electron chi connectivity index (χ0n) is 10.3. The highest BCUT2D eigenvalue weighted by atomic mass is 35.5. The van der Waals surface area contributed by atoms with Gasteiger partial charge in [-0.05, 0) is 42.3 Å². The summed E-state index contributed by atoms with van der Waals surface area (Å²) in [7, 11) is 0. The van der Waals surface area contributed by atoms with Gasteiger partial charge in [-0.15, -0.1) is 11.6 Å². The molecule has 0 heterocycles. The average molecular weight is 292 g/mol. The third kappa shape index (κ3) is 3.20. The lowest BCUT2D eigenvalue weighted by molar-refractivity contribution is 0.478. The van der Waals surface area contributed by atoms with Gasteiger partial charge in [-0.25, -0.2) is 0 Å². The summed E-state index contributed by atoms with van der Waals surface area (Å²) in [5.74, 6) is 1.63. The molecule has 2 aromatic carbocycles. The van der Waals surface area contributed by atoms with Crippen molar-refractivity contribution in [3.8, 4) is 17.6 Å². The van der Waals surface area contributed by atoms with Crippen LogP contribution in [0.1, 0.15) is 16.7 Å². The first-order valence-electron chi connectivity index (χ1n) is 5.67. The largest absolute Gasteiger partial charge is 0.457 e. The molecule has 96 valence electrons. The molecule has 2 rings (SSSR count). The molecule has 0 atom stereocenters. The van der Waals surface area contributed by atoms with E-state index in [-0.39, 0.29) is 0 Å². The van der Waals surface area contributed by atoms with Crippen molar-refractivity contribution in [3.63, 3.8) is 0 Å². The van der Waals surface area contributed by atoms with Crippen molar-refractivity contribution >= 4 is 23.2 Å². The van der Waals surface area contributed by atoms with Crippen LogP contribution in [0.5, 0.6) is 11.5 Å². The molecular formula is C15H11Cl2NO. The highest BCUT2D eigenvalue weighted by Crippen LogP contribution is 2.29. The number of aryl methyl sites for hydroxylation is 1. The summed E-state index contributed by atoms with van der Waals surface area (Å²) in [5.41, 5.74) is 2.37. The number of rotatable bonds is 3. The summed E-state index contributed by atoms with van der Waals surface area (Å²) in [5, 5.41) is 9.46. The van der Waals surface area contributed by atoms with Crippen LogP contribution < -0.4 is 4.74 Å². The van der Waals surface area contributed by atoms with E-state index in [9.17, 15) is 0 Å². The Morgan fingerprint density at radius 3 is 2.63 bits per heavy atom. The van der Waals surface area contributed by atoms with Crippen LogP contribution in [0.25, 0.3) is 0 Å². The maximum Gasteiger partial charge on any atom is 0.131 e. The van der Waals surface area contributed by atoms with Gasteiger partial charge in [0.15, 0.2) is 0 Å². The number of halogens is 2. The Kier molecular flexibility index (Phi) is 4.31. The molecule has 0 bridgehead atoms. The second-order valence-corrected chi connectivity index (χ2v) is 4.76. The van der Waals surface area contributed by atoms with Crippen molar-refractivity contribution in [2.24, 2.45) is 0 Å². The minimum Gasteiger partial charge on any atom is -0.457 e. The molecule has 0 N–H and O–H groups in total.